The van der Waals surface area contributed by atoms with E-state index in [0.717, 1.165) is 5.56 Å². The summed E-state index contributed by atoms with van der Waals surface area (Å²) < 4.78 is 13.0. The molecule has 2 N–H and O–H groups in total. The van der Waals surface area contributed by atoms with Gasteiger partial charge in [0.1, 0.15) is 11.9 Å². The molecule has 6 nitrogen and oxygen atoms in total. The standard InChI is InChI=1S/C21H22FN3O3S/c1-25(2)21(28)14-5-9-16(10-6-14)23-19(26)17-12-29-18(20(27)24-17)11-13-3-7-15(22)8-4-13/h3-10,17-18H,11-12H2,1-2H3,(H,23,26)(H,24,27)/t17-,18+/m1/s1. The summed E-state index contributed by atoms with van der Waals surface area (Å²) in [5, 5.41) is 5.20. The van der Waals surface area contributed by atoms with Gasteiger partial charge in [0.05, 0.1) is 5.25 Å². The van der Waals surface area contributed by atoms with Gasteiger partial charge in [-0.15, -0.1) is 11.8 Å². The van der Waals surface area contributed by atoms with Crippen LogP contribution in [0.3, 0.4) is 0 Å². The Bertz CT molecular complexity index is 900. The average Bonchev–Trinajstić information content (AvgIpc) is 2.71. The van der Waals surface area contributed by atoms with E-state index in [-0.39, 0.29) is 28.8 Å². The third-order valence-corrected chi connectivity index (χ3v) is 5.84. The van der Waals surface area contributed by atoms with Crippen molar-refractivity contribution in [1.29, 1.82) is 0 Å². The topological polar surface area (TPSA) is 78.5 Å². The lowest BCUT2D eigenvalue weighted by Crippen LogP contribution is -2.52. The molecule has 1 fully saturated rings. The molecule has 2 atom stereocenters. The highest BCUT2D eigenvalue weighted by Gasteiger charge is 2.32. The van der Waals surface area contributed by atoms with Gasteiger partial charge in [-0.05, 0) is 48.4 Å². The van der Waals surface area contributed by atoms with Crippen LogP contribution in [0.2, 0.25) is 0 Å². The van der Waals surface area contributed by atoms with E-state index in [2.05, 4.69) is 10.6 Å². The minimum Gasteiger partial charge on any atom is -0.345 e. The number of carbonyl (C=O) groups is 3. The first kappa shape index (κ1) is 20.9. The maximum Gasteiger partial charge on any atom is 0.253 e. The lowest BCUT2D eigenvalue weighted by atomic mass is 10.1. The summed E-state index contributed by atoms with van der Waals surface area (Å²) in [5.41, 5.74) is 1.95. The van der Waals surface area contributed by atoms with Crippen molar-refractivity contribution >= 4 is 35.2 Å². The van der Waals surface area contributed by atoms with E-state index in [9.17, 15) is 18.8 Å². The van der Waals surface area contributed by atoms with E-state index in [1.54, 1.807) is 50.5 Å². The van der Waals surface area contributed by atoms with Crippen molar-refractivity contribution in [3.05, 3.63) is 65.5 Å². The first-order valence-corrected chi connectivity index (χ1v) is 10.2. The van der Waals surface area contributed by atoms with Crippen LogP contribution in [0, 0.1) is 5.82 Å². The van der Waals surface area contributed by atoms with Crippen molar-refractivity contribution < 1.29 is 18.8 Å². The van der Waals surface area contributed by atoms with Gasteiger partial charge in [0.15, 0.2) is 0 Å². The van der Waals surface area contributed by atoms with Crippen molar-refractivity contribution in [3.63, 3.8) is 0 Å². The summed E-state index contributed by atoms with van der Waals surface area (Å²) >= 11 is 1.41. The molecule has 0 bridgehead atoms. The zero-order valence-corrected chi connectivity index (χ0v) is 17.0. The highest BCUT2D eigenvalue weighted by molar-refractivity contribution is 8.00. The smallest absolute Gasteiger partial charge is 0.253 e. The van der Waals surface area contributed by atoms with Crippen LogP contribution in [0.25, 0.3) is 0 Å². The molecule has 0 radical (unpaired) electrons. The number of amides is 3. The largest absolute Gasteiger partial charge is 0.345 e. The van der Waals surface area contributed by atoms with Crippen molar-refractivity contribution in [2.75, 3.05) is 25.2 Å². The molecule has 8 heteroatoms. The minimum atomic E-state index is -0.639. The number of nitrogens with one attached hydrogen (secondary N) is 2. The minimum absolute atomic E-state index is 0.119. The number of carbonyl (C=O) groups excluding carboxylic acids is 3. The molecular weight excluding hydrogens is 393 g/mol. The number of hydrogen-bond donors (Lipinski definition) is 2. The van der Waals surface area contributed by atoms with E-state index in [4.69, 9.17) is 0 Å². The maximum absolute atomic E-state index is 13.0. The Morgan fingerprint density at radius 3 is 2.38 bits per heavy atom. The van der Waals surface area contributed by atoms with Gasteiger partial charge < -0.3 is 15.5 Å². The van der Waals surface area contributed by atoms with E-state index in [1.165, 1.54) is 28.8 Å². The van der Waals surface area contributed by atoms with Crippen LogP contribution in [-0.2, 0) is 16.0 Å². The van der Waals surface area contributed by atoms with Gasteiger partial charge in [-0.3, -0.25) is 14.4 Å². The Morgan fingerprint density at radius 1 is 1.14 bits per heavy atom. The summed E-state index contributed by atoms with van der Waals surface area (Å²) in [6, 6.07) is 12.0. The lowest BCUT2D eigenvalue weighted by molar-refractivity contribution is -0.126. The number of nitrogens with zero attached hydrogens (tertiary/aromatic N) is 1. The molecule has 1 aliphatic rings. The number of halogens is 1. The summed E-state index contributed by atoms with van der Waals surface area (Å²) in [5.74, 6) is -0.507. The molecule has 2 aromatic carbocycles. The normalized spacial score (nSPS) is 18.7. The quantitative estimate of drug-likeness (QED) is 0.786. The fourth-order valence-corrected chi connectivity index (χ4v) is 4.09. The Labute approximate surface area is 172 Å². The SMILES string of the molecule is CN(C)C(=O)c1ccc(NC(=O)[C@H]2CS[C@@H](Cc3ccc(F)cc3)C(=O)N2)cc1. The van der Waals surface area contributed by atoms with Crippen LogP contribution in [-0.4, -0.2) is 53.8 Å². The third-order valence-electron chi connectivity index (χ3n) is 4.53. The fraction of sp³-hybridized carbons (Fsp3) is 0.286. The molecule has 1 aliphatic heterocycles. The summed E-state index contributed by atoms with van der Waals surface area (Å²) in [6.45, 7) is 0. The van der Waals surface area contributed by atoms with Crippen molar-refractivity contribution in [2.24, 2.45) is 0 Å². The lowest BCUT2D eigenvalue weighted by Gasteiger charge is -2.28. The van der Waals surface area contributed by atoms with E-state index >= 15 is 0 Å². The van der Waals surface area contributed by atoms with Crippen molar-refractivity contribution in [2.45, 2.75) is 17.7 Å². The highest BCUT2D eigenvalue weighted by Crippen LogP contribution is 2.23. The number of thioether (sulfide) groups is 1. The van der Waals surface area contributed by atoms with E-state index in [0.29, 0.717) is 23.4 Å². The Hall–Kier alpha value is -2.87. The predicted molar refractivity (Wildman–Crippen MR) is 111 cm³/mol. The van der Waals surface area contributed by atoms with Gasteiger partial charge in [-0.25, -0.2) is 4.39 Å². The van der Waals surface area contributed by atoms with Crippen molar-refractivity contribution in [1.82, 2.24) is 10.2 Å². The van der Waals surface area contributed by atoms with Crippen LogP contribution in [0.15, 0.2) is 48.5 Å². The average molecular weight is 415 g/mol. The second-order valence-corrected chi connectivity index (χ2v) is 8.22. The second-order valence-electron chi connectivity index (χ2n) is 6.98. The zero-order chi connectivity index (χ0) is 21.0. The number of hydrogen-bond acceptors (Lipinski definition) is 4. The molecule has 0 aliphatic carbocycles. The van der Waals surface area contributed by atoms with E-state index in [1.807, 2.05) is 0 Å². The van der Waals surface area contributed by atoms with Crippen LogP contribution < -0.4 is 10.6 Å². The van der Waals surface area contributed by atoms with Gasteiger partial charge in [0.2, 0.25) is 11.8 Å². The molecule has 1 heterocycles. The fourth-order valence-electron chi connectivity index (χ4n) is 2.91. The molecule has 0 unspecified atom stereocenters. The predicted octanol–water partition coefficient (Wildman–Crippen LogP) is 2.31. The molecule has 3 rings (SSSR count). The molecule has 2 aromatic rings. The Balaban J connectivity index is 1.54. The molecule has 0 saturated carbocycles. The van der Waals surface area contributed by atoms with Gasteiger partial charge in [0.25, 0.3) is 5.91 Å². The van der Waals surface area contributed by atoms with Gasteiger partial charge >= 0.3 is 0 Å². The third kappa shape index (κ3) is 5.35. The monoisotopic (exact) mass is 415 g/mol. The van der Waals surface area contributed by atoms with Gasteiger partial charge in [-0.1, -0.05) is 12.1 Å². The molecule has 152 valence electrons. The second kappa shape index (κ2) is 9.09. The van der Waals surface area contributed by atoms with E-state index < -0.39 is 6.04 Å². The van der Waals surface area contributed by atoms with Crippen LogP contribution >= 0.6 is 11.8 Å². The molecule has 0 aromatic heterocycles. The molecular formula is C21H22FN3O3S. The number of anilines is 1. The van der Waals surface area contributed by atoms with Crippen molar-refractivity contribution in [3.8, 4) is 0 Å². The summed E-state index contributed by atoms with van der Waals surface area (Å²) in [6.07, 6.45) is 0.479. The Kier molecular flexibility index (Phi) is 6.53. The first-order chi connectivity index (χ1) is 13.8. The number of benzene rings is 2. The Morgan fingerprint density at radius 2 is 1.79 bits per heavy atom. The van der Waals surface area contributed by atoms with Gasteiger partial charge in [-0.2, -0.15) is 0 Å². The summed E-state index contributed by atoms with van der Waals surface area (Å²) in [7, 11) is 3.34. The molecule has 0 spiro atoms. The van der Waals surface area contributed by atoms with Crippen LogP contribution in [0.4, 0.5) is 10.1 Å². The van der Waals surface area contributed by atoms with Crippen LogP contribution in [0.1, 0.15) is 15.9 Å². The molecule has 29 heavy (non-hydrogen) atoms. The maximum atomic E-state index is 13.0. The molecule has 1 saturated heterocycles. The molecule has 3 amide bonds. The first-order valence-electron chi connectivity index (χ1n) is 9.12. The van der Waals surface area contributed by atoms with Crippen LogP contribution in [0.5, 0.6) is 0 Å². The highest BCUT2D eigenvalue weighted by atomic mass is 32.2. The van der Waals surface area contributed by atoms with Gasteiger partial charge in [0, 0.05) is 31.1 Å². The zero-order valence-electron chi connectivity index (χ0n) is 16.1. The number of rotatable bonds is 5. The summed E-state index contributed by atoms with van der Waals surface area (Å²) in [4.78, 5) is 38.3.